The summed E-state index contributed by atoms with van der Waals surface area (Å²) >= 11 is 0. The molecule has 0 spiro atoms. The average Bonchev–Trinajstić information content (AvgIpc) is 2.54. The molecule has 0 saturated carbocycles. The number of carbonyl (C=O) groups is 1. The van der Waals surface area contributed by atoms with E-state index in [0.29, 0.717) is 31.4 Å². The summed E-state index contributed by atoms with van der Waals surface area (Å²) in [6.07, 6.45) is 4.40. The largest absolute Gasteiger partial charge is 0.466 e. The van der Waals surface area contributed by atoms with E-state index in [1.54, 1.807) is 0 Å². The Kier molecular flexibility index (Phi) is 9.58. The van der Waals surface area contributed by atoms with Crippen molar-refractivity contribution < 1.29 is 9.53 Å². The summed E-state index contributed by atoms with van der Waals surface area (Å²) < 4.78 is 4.90. The van der Waals surface area contributed by atoms with Crippen molar-refractivity contribution in [3.63, 3.8) is 0 Å². The molecule has 5 heteroatoms. The minimum Gasteiger partial charge on any atom is -0.466 e. The summed E-state index contributed by atoms with van der Waals surface area (Å²) in [6.45, 7) is 7.31. The van der Waals surface area contributed by atoms with Crippen LogP contribution in [0.25, 0.3) is 0 Å². The molecule has 0 heterocycles. The third kappa shape index (κ3) is 8.56. The zero-order valence-corrected chi connectivity index (χ0v) is 15.2. The molecule has 0 unspecified atom stereocenters. The zero-order valence-electron chi connectivity index (χ0n) is 15.2. The van der Waals surface area contributed by atoms with Crippen LogP contribution in [-0.2, 0) is 9.53 Å². The van der Waals surface area contributed by atoms with E-state index in [0.717, 1.165) is 31.4 Å². The lowest BCUT2D eigenvalue weighted by atomic mass is 10.0. The number of anilines is 1. The molecule has 0 aliphatic rings. The normalized spacial score (nSPS) is 11.6. The molecule has 0 aliphatic heterocycles. The molecule has 0 radical (unpaired) electrons. The van der Waals surface area contributed by atoms with Crippen LogP contribution in [0.4, 0.5) is 5.69 Å². The molecule has 3 N–H and O–H groups in total. The summed E-state index contributed by atoms with van der Waals surface area (Å²) in [4.78, 5) is 15.5. The SMILES string of the molecule is CCOC(=O)CCCCCCN=C(N)Nc1cccc(C(C)C)c1. The summed E-state index contributed by atoms with van der Waals surface area (Å²) in [5.74, 6) is 0.828. The van der Waals surface area contributed by atoms with Crippen LogP contribution >= 0.6 is 0 Å². The molecule has 5 nitrogen and oxygen atoms in total. The average molecular weight is 333 g/mol. The van der Waals surface area contributed by atoms with Gasteiger partial charge in [-0.3, -0.25) is 9.79 Å². The van der Waals surface area contributed by atoms with Gasteiger partial charge < -0.3 is 15.8 Å². The topological polar surface area (TPSA) is 76.7 Å². The number of rotatable bonds is 10. The quantitative estimate of drug-likeness (QED) is 0.293. The molecular formula is C19H31N3O2. The third-order valence-corrected chi connectivity index (χ3v) is 3.70. The lowest BCUT2D eigenvalue weighted by Gasteiger charge is -2.10. The molecule has 0 aliphatic carbocycles. The summed E-state index contributed by atoms with van der Waals surface area (Å²) in [6, 6.07) is 8.22. The van der Waals surface area contributed by atoms with Gasteiger partial charge in [0.1, 0.15) is 0 Å². The molecule has 1 rings (SSSR count). The number of nitrogens with zero attached hydrogens (tertiary/aromatic N) is 1. The predicted octanol–water partition coefficient (Wildman–Crippen LogP) is 4.05. The maximum Gasteiger partial charge on any atom is 0.305 e. The van der Waals surface area contributed by atoms with Gasteiger partial charge in [0.2, 0.25) is 0 Å². The standard InChI is InChI=1S/C19H31N3O2/c1-4-24-18(23)12-7-5-6-8-13-21-19(20)22-17-11-9-10-16(14-17)15(2)3/h9-11,14-15H,4-8,12-13H2,1-3H3,(H3,20,21,22). The number of hydrogen-bond donors (Lipinski definition) is 2. The smallest absolute Gasteiger partial charge is 0.305 e. The fourth-order valence-corrected chi connectivity index (χ4v) is 2.33. The van der Waals surface area contributed by atoms with Crippen molar-refractivity contribution >= 4 is 17.6 Å². The first-order valence-corrected chi connectivity index (χ1v) is 8.85. The fourth-order valence-electron chi connectivity index (χ4n) is 2.33. The number of ether oxygens (including phenoxy) is 1. The summed E-state index contributed by atoms with van der Waals surface area (Å²) in [7, 11) is 0. The van der Waals surface area contributed by atoms with Crippen LogP contribution in [0, 0.1) is 0 Å². The van der Waals surface area contributed by atoms with Crippen molar-refractivity contribution in [1.29, 1.82) is 0 Å². The van der Waals surface area contributed by atoms with Crippen molar-refractivity contribution in [2.45, 2.75) is 58.8 Å². The van der Waals surface area contributed by atoms with Crippen LogP contribution in [0.15, 0.2) is 29.3 Å². The van der Waals surface area contributed by atoms with Crippen LogP contribution in [0.3, 0.4) is 0 Å². The molecule has 24 heavy (non-hydrogen) atoms. The van der Waals surface area contributed by atoms with E-state index >= 15 is 0 Å². The molecule has 0 fully saturated rings. The van der Waals surface area contributed by atoms with E-state index in [1.807, 2.05) is 19.1 Å². The maximum atomic E-state index is 11.2. The van der Waals surface area contributed by atoms with Gasteiger partial charge >= 0.3 is 5.97 Å². The fraction of sp³-hybridized carbons (Fsp3) is 0.579. The van der Waals surface area contributed by atoms with E-state index in [2.05, 4.69) is 36.3 Å². The number of esters is 1. The highest BCUT2D eigenvalue weighted by Gasteiger charge is 2.02. The second-order valence-corrected chi connectivity index (χ2v) is 6.14. The van der Waals surface area contributed by atoms with Crippen LogP contribution in [-0.4, -0.2) is 25.1 Å². The van der Waals surface area contributed by atoms with Gasteiger partial charge in [0.25, 0.3) is 0 Å². The number of benzene rings is 1. The molecule has 134 valence electrons. The highest BCUT2D eigenvalue weighted by atomic mass is 16.5. The number of hydrogen-bond acceptors (Lipinski definition) is 3. The van der Waals surface area contributed by atoms with Gasteiger partial charge in [0, 0.05) is 18.7 Å². The first kappa shape index (κ1) is 20.0. The number of nitrogens with one attached hydrogen (secondary N) is 1. The second-order valence-electron chi connectivity index (χ2n) is 6.14. The first-order valence-electron chi connectivity index (χ1n) is 8.85. The Morgan fingerprint density at radius 2 is 2.00 bits per heavy atom. The van der Waals surface area contributed by atoms with Gasteiger partial charge in [0.05, 0.1) is 6.61 Å². The minimum absolute atomic E-state index is 0.104. The Hall–Kier alpha value is -2.04. The Bertz CT molecular complexity index is 527. The van der Waals surface area contributed by atoms with Crippen molar-refractivity contribution in [2.75, 3.05) is 18.5 Å². The van der Waals surface area contributed by atoms with E-state index in [9.17, 15) is 4.79 Å². The first-order chi connectivity index (χ1) is 11.5. The molecule has 1 aromatic rings. The number of carbonyl (C=O) groups excluding carboxylic acids is 1. The summed E-state index contributed by atoms with van der Waals surface area (Å²) in [5, 5.41) is 3.13. The third-order valence-electron chi connectivity index (χ3n) is 3.70. The highest BCUT2D eigenvalue weighted by Crippen LogP contribution is 2.18. The van der Waals surface area contributed by atoms with Gasteiger partial charge in [0.15, 0.2) is 5.96 Å². The second kappa shape index (κ2) is 11.5. The monoisotopic (exact) mass is 333 g/mol. The predicted molar refractivity (Wildman–Crippen MR) is 100 cm³/mol. The van der Waals surface area contributed by atoms with Gasteiger partial charge in [-0.25, -0.2) is 0 Å². The molecule has 0 aromatic heterocycles. The molecule has 0 bridgehead atoms. The van der Waals surface area contributed by atoms with Gasteiger partial charge in [-0.1, -0.05) is 38.8 Å². The van der Waals surface area contributed by atoms with Crippen molar-refractivity contribution in [3.8, 4) is 0 Å². The lowest BCUT2D eigenvalue weighted by Crippen LogP contribution is -2.22. The number of guanidine groups is 1. The van der Waals surface area contributed by atoms with Gasteiger partial charge in [-0.05, 0) is 43.4 Å². The molecule has 0 atom stereocenters. The van der Waals surface area contributed by atoms with E-state index < -0.39 is 0 Å². The molecule has 1 aromatic carbocycles. The lowest BCUT2D eigenvalue weighted by molar-refractivity contribution is -0.143. The zero-order chi connectivity index (χ0) is 17.8. The van der Waals surface area contributed by atoms with E-state index in [1.165, 1.54) is 5.56 Å². The molecular weight excluding hydrogens is 302 g/mol. The minimum atomic E-state index is -0.104. The number of unbranched alkanes of at least 4 members (excludes halogenated alkanes) is 3. The Morgan fingerprint density at radius 1 is 1.25 bits per heavy atom. The van der Waals surface area contributed by atoms with Crippen LogP contribution < -0.4 is 11.1 Å². The molecule has 0 amide bonds. The Morgan fingerprint density at radius 3 is 2.71 bits per heavy atom. The van der Waals surface area contributed by atoms with Crippen LogP contribution in [0.1, 0.15) is 64.4 Å². The van der Waals surface area contributed by atoms with Crippen molar-refractivity contribution in [3.05, 3.63) is 29.8 Å². The highest BCUT2D eigenvalue weighted by molar-refractivity contribution is 5.92. The van der Waals surface area contributed by atoms with Gasteiger partial charge in [-0.15, -0.1) is 0 Å². The number of nitrogens with two attached hydrogens (primary N) is 1. The van der Waals surface area contributed by atoms with Gasteiger partial charge in [-0.2, -0.15) is 0 Å². The van der Waals surface area contributed by atoms with Crippen LogP contribution in [0.2, 0.25) is 0 Å². The van der Waals surface area contributed by atoms with E-state index in [-0.39, 0.29) is 5.97 Å². The molecule has 0 saturated heterocycles. The maximum absolute atomic E-state index is 11.2. The van der Waals surface area contributed by atoms with E-state index in [4.69, 9.17) is 10.5 Å². The van der Waals surface area contributed by atoms with Crippen molar-refractivity contribution in [2.24, 2.45) is 10.7 Å². The van der Waals surface area contributed by atoms with Crippen molar-refractivity contribution in [1.82, 2.24) is 0 Å². The Labute approximate surface area is 145 Å². The number of aliphatic imine (C=N–C) groups is 1. The summed E-state index contributed by atoms with van der Waals surface area (Å²) in [5.41, 5.74) is 8.17. The Balaban J connectivity index is 2.21. The van der Waals surface area contributed by atoms with Crippen LogP contribution in [0.5, 0.6) is 0 Å².